The van der Waals surface area contributed by atoms with Crippen molar-refractivity contribution < 1.29 is 9.53 Å². The fourth-order valence-electron chi connectivity index (χ4n) is 2.78. The first-order valence-electron chi connectivity index (χ1n) is 9.06. The lowest BCUT2D eigenvalue weighted by Crippen LogP contribution is -2.46. The van der Waals surface area contributed by atoms with Gasteiger partial charge in [0.15, 0.2) is 4.34 Å². The molecule has 1 saturated heterocycles. The number of carbonyl (C=O) groups is 1. The van der Waals surface area contributed by atoms with E-state index in [0.717, 1.165) is 54.4 Å². The molecule has 0 bridgehead atoms. The molecule has 0 aliphatic carbocycles. The zero-order valence-electron chi connectivity index (χ0n) is 15.7. The van der Waals surface area contributed by atoms with Crippen LogP contribution >= 0.6 is 23.1 Å². The minimum absolute atomic E-state index is 0.0479. The van der Waals surface area contributed by atoms with Gasteiger partial charge in [-0.05, 0) is 30.7 Å². The normalized spacial score (nSPS) is 14.3. The number of amides is 1. The Hall–Kier alpha value is -2.00. The zero-order valence-corrected chi connectivity index (χ0v) is 17.3. The molecule has 0 radical (unpaired) electrons. The summed E-state index contributed by atoms with van der Waals surface area (Å²) in [7, 11) is 1.68. The van der Waals surface area contributed by atoms with Gasteiger partial charge in [-0.2, -0.15) is 0 Å². The number of nitrogens with one attached hydrogen (secondary N) is 1. The number of aromatic nitrogens is 2. The first-order chi connectivity index (χ1) is 13.2. The highest BCUT2D eigenvalue weighted by Gasteiger charge is 2.20. The lowest BCUT2D eigenvalue weighted by Gasteiger charge is -2.35. The van der Waals surface area contributed by atoms with Gasteiger partial charge in [0.2, 0.25) is 11.0 Å². The van der Waals surface area contributed by atoms with E-state index in [1.165, 1.54) is 17.4 Å². The van der Waals surface area contributed by atoms with E-state index >= 15 is 0 Å². The van der Waals surface area contributed by atoms with Crippen molar-refractivity contribution in [3.05, 3.63) is 24.3 Å². The number of hydrogen-bond donors (Lipinski definition) is 1. The van der Waals surface area contributed by atoms with Crippen molar-refractivity contribution in [2.24, 2.45) is 0 Å². The number of methoxy groups -OCH3 is 1. The van der Waals surface area contributed by atoms with Crippen molar-refractivity contribution in [3.63, 3.8) is 0 Å². The monoisotopic (exact) mass is 407 g/mol. The first kappa shape index (κ1) is 19.8. The second-order valence-corrected chi connectivity index (χ2v) is 8.34. The van der Waals surface area contributed by atoms with E-state index in [0.29, 0.717) is 5.75 Å². The molecule has 1 aliphatic heterocycles. The molecular weight excluding hydrogens is 382 g/mol. The molecular formula is C18H25N5O2S2. The fourth-order valence-corrected chi connectivity index (χ4v) is 4.50. The third-order valence-corrected chi connectivity index (χ3v) is 6.40. The van der Waals surface area contributed by atoms with E-state index in [1.54, 1.807) is 18.4 Å². The van der Waals surface area contributed by atoms with Crippen molar-refractivity contribution in [1.82, 2.24) is 15.5 Å². The molecule has 146 valence electrons. The highest BCUT2D eigenvalue weighted by Crippen LogP contribution is 2.29. The van der Waals surface area contributed by atoms with Gasteiger partial charge in [-0.15, -0.1) is 10.2 Å². The maximum Gasteiger partial charge on any atom is 0.230 e. The van der Waals surface area contributed by atoms with Gasteiger partial charge in [0.1, 0.15) is 5.75 Å². The Balaban J connectivity index is 1.48. The molecule has 1 fully saturated rings. The van der Waals surface area contributed by atoms with Crippen molar-refractivity contribution in [2.45, 2.75) is 17.7 Å². The Morgan fingerprint density at radius 3 is 2.56 bits per heavy atom. The van der Waals surface area contributed by atoms with Gasteiger partial charge in [-0.3, -0.25) is 4.79 Å². The lowest BCUT2D eigenvalue weighted by atomic mass is 10.2. The van der Waals surface area contributed by atoms with E-state index in [1.807, 2.05) is 19.1 Å². The lowest BCUT2D eigenvalue weighted by molar-refractivity contribution is -0.118. The number of benzene rings is 1. The van der Waals surface area contributed by atoms with Gasteiger partial charge in [-0.25, -0.2) is 0 Å². The first-order valence-corrected chi connectivity index (χ1v) is 10.9. The molecule has 1 aliphatic rings. The average Bonchev–Trinajstić information content (AvgIpc) is 3.20. The second-order valence-electron chi connectivity index (χ2n) is 6.16. The summed E-state index contributed by atoms with van der Waals surface area (Å²) in [5, 5.41) is 12.3. The Kier molecular flexibility index (Phi) is 7.17. The average molecular weight is 408 g/mol. The predicted molar refractivity (Wildman–Crippen MR) is 111 cm³/mol. The van der Waals surface area contributed by atoms with E-state index in [2.05, 4.69) is 37.4 Å². The zero-order chi connectivity index (χ0) is 19.1. The summed E-state index contributed by atoms with van der Waals surface area (Å²) in [5.74, 6) is 1.31. The van der Waals surface area contributed by atoms with Gasteiger partial charge in [0.05, 0.1) is 12.9 Å². The van der Waals surface area contributed by atoms with Crippen LogP contribution in [0.1, 0.15) is 13.3 Å². The van der Waals surface area contributed by atoms with Crippen LogP contribution in [0.4, 0.5) is 10.8 Å². The van der Waals surface area contributed by atoms with Crippen LogP contribution in [0, 0.1) is 0 Å². The van der Waals surface area contributed by atoms with Crippen molar-refractivity contribution in [2.75, 3.05) is 55.4 Å². The molecule has 3 rings (SSSR count). The number of carbonyl (C=O) groups excluding carboxylic acids is 1. The molecule has 1 aromatic heterocycles. The minimum atomic E-state index is 0.0479. The van der Waals surface area contributed by atoms with Crippen LogP contribution in [0.25, 0.3) is 0 Å². The number of anilines is 2. The summed E-state index contributed by atoms with van der Waals surface area (Å²) >= 11 is 3.01. The number of thioether (sulfide) groups is 1. The van der Waals surface area contributed by atoms with Crippen molar-refractivity contribution in [3.8, 4) is 5.75 Å². The van der Waals surface area contributed by atoms with E-state index in [4.69, 9.17) is 4.74 Å². The topological polar surface area (TPSA) is 70.6 Å². The summed E-state index contributed by atoms with van der Waals surface area (Å²) < 4.78 is 6.06. The molecule has 0 spiro atoms. The number of ether oxygens (including phenoxy) is 1. The van der Waals surface area contributed by atoms with Crippen LogP contribution in [0.2, 0.25) is 0 Å². The molecule has 0 saturated carbocycles. The molecule has 2 aromatic rings. The summed E-state index contributed by atoms with van der Waals surface area (Å²) in [6, 6.07) is 8.18. The Morgan fingerprint density at radius 2 is 1.89 bits per heavy atom. The maximum atomic E-state index is 11.7. The van der Waals surface area contributed by atoms with Crippen LogP contribution in [-0.4, -0.2) is 61.7 Å². The second kappa shape index (κ2) is 9.80. The van der Waals surface area contributed by atoms with Crippen LogP contribution < -0.4 is 19.9 Å². The molecule has 1 aromatic carbocycles. The standard InChI is InChI=1S/C18H25N5O2S2/c1-3-8-19-16(24)13-26-18-21-20-17(27-18)23-11-9-22(10-12-23)14-4-6-15(25-2)7-5-14/h4-7H,3,8-13H2,1-2H3,(H,19,24). The SMILES string of the molecule is CCCNC(=O)CSc1nnc(N2CCN(c3ccc(OC)cc3)CC2)s1. The molecule has 7 nitrogen and oxygen atoms in total. The van der Waals surface area contributed by atoms with Crippen LogP contribution in [0.5, 0.6) is 5.75 Å². The molecule has 27 heavy (non-hydrogen) atoms. The van der Waals surface area contributed by atoms with Crippen molar-refractivity contribution >= 4 is 39.8 Å². The van der Waals surface area contributed by atoms with E-state index in [9.17, 15) is 4.79 Å². The molecule has 0 unspecified atom stereocenters. The molecule has 9 heteroatoms. The third-order valence-electron chi connectivity index (χ3n) is 4.28. The van der Waals surface area contributed by atoms with E-state index in [-0.39, 0.29) is 5.91 Å². The Morgan fingerprint density at radius 1 is 1.19 bits per heavy atom. The number of hydrogen-bond acceptors (Lipinski definition) is 8. The third kappa shape index (κ3) is 5.49. The summed E-state index contributed by atoms with van der Waals surface area (Å²) in [6.45, 7) is 6.45. The molecule has 1 amide bonds. The Labute approximate surface area is 168 Å². The summed E-state index contributed by atoms with van der Waals surface area (Å²) in [4.78, 5) is 16.3. The highest BCUT2D eigenvalue weighted by atomic mass is 32.2. The van der Waals surface area contributed by atoms with Gasteiger partial charge in [-0.1, -0.05) is 30.0 Å². The minimum Gasteiger partial charge on any atom is -0.497 e. The number of rotatable bonds is 8. The predicted octanol–water partition coefficient (Wildman–Crippen LogP) is 2.49. The van der Waals surface area contributed by atoms with Crippen LogP contribution in [0.15, 0.2) is 28.6 Å². The molecule has 0 atom stereocenters. The largest absolute Gasteiger partial charge is 0.497 e. The van der Waals surface area contributed by atoms with Gasteiger partial charge >= 0.3 is 0 Å². The summed E-state index contributed by atoms with van der Waals surface area (Å²) in [6.07, 6.45) is 0.946. The smallest absolute Gasteiger partial charge is 0.230 e. The van der Waals surface area contributed by atoms with Crippen LogP contribution in [0.3, 0.4) is 0 Å². The number of nitrogens with zero attached hydrogens (tertiary/aromatic N) is 4. The quantitative estimate of drug-likeness (QED) is 0.674. The van der Waals surface area contributed by atoms with Crippen LogP contribution in [-0.2, 0) is 4.79 Å². The fraction of sp³-hybridized carbons (Fsp3) is 0.500. The Bertz CT molecular complexity index is 730. The van der Waals surface area contributed by atoms with E-state index < -0.39 is 0 Å². The highest BCUT2D eigenvalue weighted by molar-refractivity contribution is 8.01. The maximum absolute atomic E-state index is 11.7. The van der Waals surface area contributed by atoms with Gasteiger partial charge < -0.3 is 19.9 Å². The van der Waals surface area contributed by atoms with Gasteiger partial charge in [0.25, 0.3) is 0 Å². The number of piperazine rings is 1. The molecule has 1 N–H and O–H groups in total. The van der Waals surface area contributed by atoms with Crippen molar-refractivity contribution in [1.29, 1.82) is 0 Å². The summed E-state index contributed by atoms with van der Waals surface area (Å²) in [5.41, 5.74) is 1.21. The van der Waals surface area contributed by atoms with Gasteiger partial charge in [0, 0.05) is 38.4 Å². The molecule has 2 heterocycles.